The lowest BCUT2D eigenvalue weighted by Gasteiger charge is -2.19. The van der Waals surface area contributed by atoms with Gasteiger partial charge in [0, 0.05) is 24.3 Å². The topological polar surface area (TPSA) is 79.4 Å². The maximum atomic E-state index is 13.0. The average Bonchev–Trinajstić information content (AvgIpc) is 2.64. The van der Waals surface area contributed by atoms with Gasteiger partial charge in [0.2, 0.25) is 15.9 Å². The molecule has 0 spiro atoms. The number of rotatable bonds is 5. The number of likely N-dealkylation sites (N-methyl/N-ethyl adjacent to an activating group) is 1. The number of pyridine rings is 1. The fourth-order valence-corrected chi connectivity index (χ4v) is 4.58. The minimum absolute atomic E-state index is 0.0867. The number of nitrogens with one attached hydrogen (secondary N) is 1. The van der Waals surface area contributed by atoms with Crippen LogP contribution in [-0.2, 0) is 14.8 Å². The number of hydrogen-bond donors (Lipinski definition) is 1. The third-order valence-corrected chi connectivity index (χ3v) is 6.43. The number of nitrogens with zero attached hydrogens (tertiary/aromatic N) is 2. The second-order valence-electron chi connectivity index (χ2n) is 6.91. The summed E-state index contributed by atoms with van der Waals surface area (Å²) in [5, 5.41) is 3.57. The largest absolute Gasteiger partial charge is 0.324 e. The zero-order valence-corrected chi connectivity index (χ0v) is 17.2. The number of amides is 1. The summed E-state index contributed by atoms with van der Waals surface area (Å²) in [5.74, 6) is -0.394. The van der Waals surface area contributed by atoms with E-state index in [1.807, 2.05) is 32.9 Å². The average molecular weight is 398 g/mol. The van der Waals surface area contributed by atoms with Gasteiger partial charge in [-0.2, -0.15) is 4.31 Å². The molecule has 28 heavy (non-hydrogen) atoms. The van der Waals surface area contributed by atoms with Gasteiger partial charge in [0.25, 0.3) is 0 Å². The molecule has 1 aromatic heterocycles. The number of aryl methyl sites for hydroxylation is 3. The van der Waals surface area contributed by atoms with E-state index < -0.39 is 15.9 Å². The minimum atomic E-state index is -3.87. The maximum Gasteiger partial charge on any atom is 0.245 e. The van der Waals surface area contributed by atoms with Gasteiger partial charge in [0.15, 0.2) is 0 Å². The van der Waals surface area contributed by atoms with Crippen molar-refractivity contribution in [2.24, 2.45) is 0 Å². The second kappa shape index (κ2) is 7.69. The van der Waals surface area contributed by atoms with Crippen LogP contribution in [0, 0.1) is 20.8 Å². The molecule has 146 valence electrons. The number of sulfonamides is 1. The predicted octanol–water partition coefficient (Wildman–Crippen LogP) is 3.42. The van der Waals surface area contributed by atoms with Crippen molar-refractivity contribution in [1.29, 1.82) is 0 Å². The van der Waals surface area contributed by atoms with Crippen molar-refractivity contribution in [3.05, 3.63) is 65.4 Å². The van der Waals surface area contributed by atoms with Gasteiger partial charge in [-0.25, -0.2) is 8.42 Å². The van der Waals surface area contributed by atoms with Crippen LogP contribution in [0.3, 0.4) is 0 Å². The lowest BCUT2D eigenvalue weighted by Crippen LogP contribution is -2.35. The first-order valence-corrected chi connectivity index (χ1v) is 10.3. The minimum Gasteiger partial charge on any atom is -0.324 e. The molecule has 0 radical (unpaired) electrons. The molecule has 0 aliphatic rings. The Morgan fingerprint density at radius 1 is 1.07 bits per heavy atom. The van der Waals surface area contributed by atoms with Gasteiger partial charge in [-0.1, -0.05) is 35.9 Å². The van der Waals surface area contributed by atoms with Crippen LogP contribution < -0.4 is 5.32 Å². The van der Waals surface area contributed by atoms with E-state index >= 15 is 0 Å². The van der Waals surface area contributed by atoms with Crippen LogP contribution in [0.1, 0.15) is 16.7 Å². The predicted molar refractivity (Wildman–Crippen MR) is 111 cm³/mol. The SMILES string of the molecule is Cc1cc(C)c(NC(=O)CN(C)S(=O)(=O)c2cccc3cccnc23)c(C)c1. The number of benzene rings is 2. The van der Waals surface area contributed by atoms with Crippen molar-refractivity contribution in [2.75, 3.05) is 18.9 Å². The number of hydrogen-bond acceptors (Lipinski definition) is 4. The van der Waals surface area contributed by atoms with Gasteiger partial charge in [0.1, 0.15) is 4.90 Å². The molecule has 3 aromatic rings. The summed E-state index contributed by atoms with van der Waals surface area (Å²) < 4.78 is 27.1. The fraction of sp³-hybridized carbons (Fsp3) is 0.238. The van der Waals surface area contributed by atoms with Crippen LogP contribution in [0.2, 0.25) is 0 Å². The summed E-state index contributed by atoms with van der Waals surface area (Å²) in [5.41, 5.74) is 4.09. The highest BCUT2D eigenvalue weighted by atomic mass is 32.2. The van der Waals surface area contributed by atoms with Gasteiger partial charge in [0.05, 0.1) is 12.1 Å². The Morgan fingerprint density at radius 3 is 2.39 bits per heavy atom. The smallest absolute Gasteiger partial charge is 0.245 e. The van der Waals surface area contributed by atoms with Gasteiger partial charge >= 0.3 is 0 Å². The van der Waals surface area contributed by atoms with Gasteiger partial charge in [-0.15, -0.1) is 0 Å². The van der Waals surface area contributed by atoms with E-state index in [1.165, 1.54) is 13.1 Å². The van der Waals surface area contributed by atoms with Crippen molar-refractivity contribution < 1.29 is 13.2 Å². The summed E-state index contributed by atoms with van der Waals surface area (Å²) in [7, 11) is -2.48. The van der Waals surface area contributed by atoms with Gasteiger partial charge < -0.3 is 5.32 Å². The highest BCUT2D eigenvalue weighted by Gasteiger charge is 2.25. The molecule has 0 bridgehead atoms. The zero-order valence-electron chi connectivity index (χ0n) is 16.4. The van der Waals surface area contributed by atoms with Crippen LogP contribution in [0.4, 0.5) is 5.69 Å². The maximum absolute atomic E-state index is 13.0. The monoisotopic (exact) mass is 397 g/mol. The second-order valence-corrected chi connectivity index (χ2v) is 8.93. The molecule has 1 heterocycles. The number of para-hydroxylation sites is 1. The fourth-order valence-electron chi connectivity index (χ4n) is 3.30. The molecule has 2 aromatic carbocycles. The lowest BCUT2D eigenvalue weighted by molar-refractivity contribution is -0.116. The lowest BCUT2D eigenvalue weighted by atomic mass is 10.1. The summed E-state index contributed by atoms with van der Waals surface area (Å²) >= 11 is 0. The first-order valence-electron chi connectivity index (χ1n) is 8.88. The van der Waals surface area contributed by atoms with Gasteiger partial charge in [-0.3, -0.25) is 9.78 Å². The molecule has 7 heteroatoms. The molecule has 6 nitrogen and oxygen atoms in total. The number of carbonyl (C=O) groups is 1. The van der Waals surface area contributed by atoms with Crippen molar-refractivity contribution >= 4 is 32.5 Å². The highest BCUT2D eigenvalue weighted by molar-refractivity contribution is 7.89. The van der Waals surface area contributed by atoms with E-state index in [2.05, 4.69) is 10.3 Å². The number of carbonyl (C=O) groups excluding carboxylic acids is 1. The molecule has 0 unspecified atom stereocenters. The normalized spacial score (nSPS) is 11.8. The summed E-state index contributed by atoms with van der Waals surface area (Å²) in [6.45, 7) is 5.53. The summed E-state index contributed by atoms with van der Waals surface area (Å²) in [4.78, 5) is 16.8. The Morgan fingerprint density at radius 2 is 1.71 bits per heavy atom. The van der Waals surface area contributed by atoms with Crippen LogP contribution in [0.5, 0.6) is 0 Å². The van der Waals surface area contributed by atoms with E-state index in [0.717, 1.165) is 26.4 Å². The molecule has 3 rings (SSSR count). The van der Waals surface area contributed by atoms with E-state index in [4.69, 9.17) is 0 Å². The molecule has 0 atom stereocenters. The number of fused-ring (bicyclic) bond motifs is 1. The quantitative estimate of drug-likeness (QED) is 0.715. The van der Waals surface area contributed by atoms with Crippen LogP contribution in [-0.4, -0.2) is 37.2 Å². The third kappa shape index (κ3) is 3.90. The molecule has 0 saturated heterocycles. The highest BCUT2D eigenvalue weighted by Crippen LogP contribution is 2.24. The van der Waals surface area contributed by atoms with Crippen LogP contribution in [0.25, 0.3) is 10.9 Å². The number of anilines is 1. The molecule has 1 amide bonds. The van der Waals surface area contributed by atoms with Crippen LogP contribution in [0.15, 0.2) is 53.6 Å². The van der Waals surface area contributed by atoms with E-state index in [9.17, 15) is 13.2 Å². The van der Waals surface area contributed by atoms with E-state index in [-0.39, 0.29) is 11.4 Å². The van der Waals surface area contributed by atoms with Crippen molar-refractivity contribution in [3.63, 3.8) is 0 Å². The van der Waals surface area contributed by atoms with Gasteiger partial charge in [-0.05, 0) is 44.0 Å². The Hall–Kier alpha value is -2.77. The molecule has 0 saturated carbocycles. The molecular formula is C21H23N3O3S. The molecule has 1 N–H and O–H groups in total. The van der Waals surface area contributed by atoms with E-state index in [0.29, 0.717) is 11.2 Å². The van der Waals surface area contributed by atoms with Crippen molar-refractivity contribution in [2.45, 2.75) is 25.7 Å². The summed E-state index contributed by atoms with van der Waals surface area (Å²) in [6.07, 6.45) is 1.55. The Bertz CT molecular complexity index is 1130. The zero-order chi connectivity index (χ0) is 20.5. The van der Waals surface area contributed by atoms with Crippen molar-refractivity contribution in [1.82, 2.24) is 9.29 Å². The molecular weight excluding hydrogens is 374 g/mol. The first kappa shape index (κ1) is 20.0. The molecule has 0 fully saturated rings. The Labute approximate surface area is 165 Å². The first-order chi connectivity index (χ1) is 13.2. The number of aromatic nitrogens is 1. The van der Waals surface area contributed by atoms with E-state index in [1.54, 1.807) is 30.5 Å². The Balaban J connectivity index is 1.84. The third-order valence-electron chi connectivity index (χ3n) is 4.59. The standard InChI is InChI=1S/C21H23N3O3S/c1-14-11-15(2)20(16(3)12-14)23-19(25)13-24(4)28(26,27)18-9-5-7-17-8-6-10-22-21(17)18/h5-12H,13H2,1-4H3,(H,23,25). The molecule has 0 aliphatic carbocycles. The van der Waals surface area contributed by atoms with Crippen molar-refractivity contribution in [3.8, 4) is 0 Å². The summed E-state index contributed by atoms with van der Waals surface area (Å²) in [6, 6.07) is 12.5. The van der Waals surface area contributed by atoms with Crippen LogP contribution >= 0.6 is 0 Å². The molecule has 0 aliphatic heterocycles. The Kier molecular flexibility index (Phi) is 5.49.